The molecule has 2 heterocycles. The number of rotatable bonds is 5. The minimum absolute atomic E-state index is 0.154. The zero-order chi connectivity index (χ0) is 16.3. The zero-order valence-corrected chi connectivity index (χ0v) is 13.6. The number of ether oxygens (including phenoxy) is 1. The fraction of sp³-hybridized carbons (Fsp3) is 0.615. The molecule has 0 aliphatic carbocycles. The van der Waals surface area contributed by atoms with E-state index in [0.717, 1.165) is 0 Å². The Hall–Kier alpha value is -1.45. The highest BCUT2D eigenvalue weighted by Gasteiger charge is 2.35. The topological polar surface area (TPSA) is 113 Å². The van der Waals surface area contributed by atoms with Gasteiger partial charge in [-0.1, -0.05) is 22.9 Å². The van der Waals surface area contributed by atoms with E-state index < -0.39 is 29.7 Å². The maximum Gasteiger partial charge on any atom is 0.330 e. The molecular weight excluding hydrogens is 358 g/mol. The van der Waals surface area contributed by atoms with Crippen molar-refractivity contribution in [2.24, 2.45) is 0 Å². The van der Waals surface area contributed by atoms with Crippen LogP contribution in [0.1, 0.15) is 25.1 Å². The van der Waals surface area contributed by atoms with Gasteiger partial charge in [-0.05, 0) is 6.42 Å². The van der Waals surface area contributed by atoms with Gasteiger partial charge < -0.3 is 15.2 Å². The molecule has 0 aromatic carbocycles. The van der Waals surface area contributed by atoms with E-state index in [2.05, 4.69) is 26.2 Å². The number of hydrogen-bond acceptors (Lipinski definition) is 5. The van der Waals surface area contributed by atoms with Gasteiger partial charge in [-0.3, -0.25) is 19.1 Å². The summed E-state index contributed by atoms with van der Waals surface area (Å²) < 4.78 is 6.91. The normalized spacial score (nSPS) is 24.4. The summed E-state index contributed by atoms with van der Waals surface area (Å²) in [6, 6.07) is 0. The van der Waals surface area contributed by atoms with Gasteiger partial charge in [0.05, 0.1) is 11.4 Å². The molecular formula is C13H18BrN3O5. The molecule has 122 valence electrons. The Balaban J connectivity index is 2.13. The van der Waals surface area contributed by atoms with Gasteiger partial charge in [0.25, 0.3) is 5.56 Å². The molecule has 1 aliphatic rings. The monoisotopic (exact) mass is 375 g/mol. The Morgan fingerprint density at radius 3 is 2.95 bits per heavy atom. The second-order valence-electron chi connectivity index (χ2n) is 5.04. The van der Waals surface area contributed by atoms with Crippen molar-refractivity contribution in [2.45, 2.75) is 38.2 Å². The summed E-state index contributed by atoms with van der Waals surface area (Å²) in [6.07, 6.45) is 0.0781. The van der Waals surface area contributed by atoms with Crippen LogP contribution in [0.5, 0.6) is 0 Å². The molecule has 1 saturated heterocycles. The summed E-state index contributed by atoms with van der Waals surface area (Å²) >= 11 is 3.03. The maximum atomic E-state index is 11.9. The fourth-order valence-electron chi connectivity index (χ4n) is 2.32. The van der Waals surface area contributed by atoms with Crippen LogP contribution in [0, 0.1) is 0 Å². The van der Waals surface area contributed by atoms with Gasteiger partial charge in [0.15, 0.2) is 0 Å². The number of halogens is 1. The number of hydrogen-bond donors (Lipinski definition) is 3. The molecule has 1 aliphatic heterocycles. The van der Waals surface area contributed by atoms with E-state index in [1.165, 1.54) is 10.8 Å². The molecule has 0 bridgehead atoms. The summed E-state index contributed by atoms with van der Waals surface area (Å²) in [4.78, 5) is 36.9. The first-order valence-electron chi connectivity index (χ1n) is 6.96. The van der Waals surface area contributed by atoms with Gasteiger partial charge in [-0.25, -0.2) is 4.79 Å². The second kappa shape index (κ2) is 7.21. The summed E-state index contributed by atoms with van der Waals surface area (Å²) in [6.45, 7) is 1.96. The number of carbonyl (C=O) groups is 1. The third-order valence-corrected chi connectivity index (χ3v) is 4.07. The van der Waals surface area contributed by atoms with Crippen LogP contribution >= 0.6 is 15.9 Å². The van der Waals surface area contributed by atoms with Crippen molar-refractivity contribution in [3.8, 4) is 0 Å². The molecule has 1 aromatic heterocycles. The largest absolute Gasteiger partial charge is 0.390 e. The SMILES string of the molecule is CCc1cn([C@H]2C[C@H](O)[C@@H](CNC(=O)CBr)O2)c(=O)[nH]c1=O. The second-order valence-corrected chi connectivity index (χ2v) is 5.61. The van der Waals surface area contributed by atoms with Crippen LogP contribution in [0.2, 0.25) is 0 Å². The van der Waals surface area contributed by atoms with E-state index >= 15 is 0 Å². The average molecular weight is 376 g/mol. The summed E-state index contributed by atoms with van der Waals surface area (Å²) in [7, 11) is 0. The predicted molar refractivity (Wildman–Crippen MR) is 82.0 cm³/mol. The average Bonchev–Trinajstić information content (AvgIpc) is 2.85. The van der Waals surface area contributed by atoms with Crippen LogP contribution in [0.25, 0.3) is 0 Å². The Morgan fingerprint density at radius 2 is 2.32 bits per heavy atom. The summed E-state index contributed by atoms with van der Waals surface area (Å²) in [5.41, 5.74) is -0.526. The molecule has 1 aromatic rings. The third-order valence-electron chi connectivity index (χ3n) is 3.56. The van der Waals surface area contributed by atoms with Crippen molar-refractivity contribution in [2.75, 3.05) is 11.9 Å². The van der Waals surface area contributed by atoms with Crippen LogP contribution < -0.4 is 16.6 Å². The molecule has 0 unspecified atom stereocenters. The standard InChI is InChI=1S/C13H18BrN3O5/c1-2-7-6-17(13(21)16-12(7)20)11-3-8(18)9(22-11)5-15-10(19)4-14/h6,8-9,11,18H,2-5H2,1H3,(H,15,19)(H,16,20,21)/t8-,9+,11+/m0/s1. The number of carbonyl (C=O) groups excluding carboxylic acids is 1. The van der Waals surface area contributed by atoms with E-state index in [1.54, 1.807) is 0 Å². The van der Waals surface area contributed by atoms with Crippen LogP contribution in [0.4, 0.5) is 0 Å². The van der Waals surface area contributed by atoms with E-state index in [9.17, 15) is 19.5 Å². The van der Waals surface area contributed by atoms with Gasteiger partial charge in [0, 0.05) is 24.7 Å². The summed E-state index contributed by atoms with van der Waals surface area (Å²) in [5, 5.41) is 12.8. The highest BCUT2D eigenvalue weighted by molar-refractivity contribution is 9.09. The van der Waals surface area contributed by atoms with E-state index in [-0.39, 0.29) is 24.2 Å². The number of alkyl halides is 1. The third kappa shape index (κ3) is 3.65. The molecule has 8 nitrogen and oxygen atoms in total. The molecule has 0 radical (unpaired) electrons. The number of aryl methyl sites for hydroxylation is 1. The van der Waals surface area contributed by atoms with Crippen molar-refractivity contribution < 1.29 is 14.6 Å². The summed E-state index contributed by atoms with van der Waals surface area (Å²) in [5.74, 6) is -0.214. The number of H-pyrrole nitrogens is 1. The van der Waals surface area contributed by atoms with Crippen molar-refractivity contribution in [1.82, 2.24) is 14.9 Å². The predicted octanol–water partition coefficient (Wildman–Crippen LogP) is -0.741. The van der Waals surface area contributed by atoms with Gasteiger partial charge in [-0.2, -0.15) is 0 Å². The Labute approximate surface area is 134 Å². The lowest BCUT2D eigenvalue weighted by Crippen LogP contribution is -2.38. The van der Waals surface area contributed by atoms with Gasteiger partial charge >= 0.3 is 5.69 Å². The van der Waals surface area contributed by atoms with Crippen LogP contribution in [0.3, 0.4) is 0 Å². The quantitative estimate of drug-likeness (QED) is 0.586. The molecule has 9 heteroatoms. The van der Waals surface area contributed by atoms with Gasteiger partial charge in [0.1, 0.15) is 12.3 Å². The van der Waals surface area contributed by atoms with Crippen LogP contribution in [-0.2, 0) is 16.0 Å². The zero-order valence-electron chi connectivity index (χ0n) is 12.0. The Bertz CT molecular complexity index is 656. The fourth-order valence-corrected chi connectivity index (χ4v) is 2.52. The molecule has 2 rings (SSSR count). The Kier molecular flexibility index (Phi) is 5.54. The van der Waals surface area contributed by atoms with E-state index in [1.807, 2.05) is 6.92 Å². The molecule has 1 amide bonds. The number of aromatic nitrogens is 2. The number of amides is 1. The molecule has 3 atom stereocenters. The lowest BCUT2D eigenvalue weighted by Gasteiger charge is -2.16. The van der Waals surface area contributed by atoms with Gasteiger partial charge in [-0.15, -0.1) is 0 Å². The van der Waals surface area contributed by atoms with Crippen molar-refractivity contribution >= 4 is 21.8 Å². The highest BCUT2D eigenvalue weighted by atomic mass is 79.9. The molecule has 1 fully saturated rings. The van der Waals surface area contributed by atoms with E-state index in [0.29, 0.717) is 12.0 Å². The molecule has 0 spiro atoms. The number of nitrogens with zero attached hydrogens (tertiary/aromatic N) is 1. The first-order chi connectivity index (χ1) is 10.5. The smallest absolute Gasteiger partial charge is 0.330 e. The first-order valence-corrected chi connectivity index (χ1v) is 8.09. The number of aromatic amines is 1. The molecule has 22 heavy (non-hydrogen) atoms. The van der Waals surface area contributed by atoms with Crippen LogP contribution in [0.15, 0.2) is 15.8 Å². The number of aliphatic hydroxyl groups excluding tert-OH is 1. The molecule has 3 N–H and O–H groups in total. The maximum absolute atomic E-state index is 11.9. The van der Waals surface area contributed by atoms with Crippen molar-refractivity contribution in [1.29, 1.82) is 0 Å². The van der Waals surface area contributed by atoms with Gasteiger partial charge in [0.2, 0.25) is 5.91 Å². The van der Waals surface area contributed by atoms with Crippen LogP contribution in [-0.4, -0.2) is 44.6 Å². The van der Waals surface area contributed by atoms with Crippen molar-refractivity contribution in [3.05, 3.63) is 32.6 Å². The minimum atomic E-state index is -0.801. The lowest BCUT2D eigenvalue weighted by atomic mass is 10.2. The number of nitrogens with one attached hydrogen (secondary N) is 2. The number of aliphatic hydroxyl groups is 1. The minimum Gasteiger partial charge on any atom is -0.390 e. The first kappa shape index (κ1) is 16.9. The van der Waals surface area contributed by atoms with Crippen molar-refractivity contribution in [3.63, 3.8) is 0 Å². The lowest BCUT2D eigenvalue weighted by molar-refractivity contribution is -0.119. The molecule has 0 saturated carbocycles. The highest BCUT2D eigenvalue weighted by Crippen LogP contribution is 2.27. The van der Waals surface area contributed by atoms with E-state index in [4.69, 9.17) is 4.74 Å². The Morgan fingerprint density at radius 1 is 1.59 bits per heavy atom.